The van der Waals surface area contributed by atoms with Gasteiger partial charge in [0.2, 0.25) is 5.91 Å². The van der Waals surface area contributed by atoms with E-state index in [9.17, 15) is 18.0 Å². The number of carbonyl (C=O) groups is 1. The van der Waals surface area contributed by atoms with Crippen molar-refractivity contribution in [1.29, 1.82) is 0 Å². The minimum atomic E-state index is -4.57. The first kappa shape index (κ1) is 22.6. The first-order valence-corrected chi connectivity index (χ1v) is 10.3. The van der Waals surface area contributed by atoms with Gasteiger partial charge in [-0.25, -0.2) is 4.98 Å². The second-order valence-electron chi connectivity index (χ2n) is 6.12. The van der Waals surface area contributed by atoms with Gasteiger partial charge in [0.15, 0.2) is 5.13 Å². The van der Waals surface area contributed by atoms with Gasteiger partial charge in [-0.3, -0.25) is 10.1 Å². The van der Waals surface area contributed by atoms with Gasteiger partial charge in [0.05, 0.1) is 20.6 Å². The average molecular weight is 492 g/mol. The number of hydrogen-bond donors (Lipinski definition) is 1. The number of nitrogens with zero attached hydrogens (tertiary/aromatic N) is 1. The van der Waals surface area contributed by atoms with Crippen LogP contribution in [-0.4, -0.2) is 10.9 Å². The van der Waals surface area contributed by atoms with Crippen LogP contribution in [0.2, 0.25) is 15.1 Å². The Balaban J connectivity index is 1.64. The number of amides is 1. The molecule has 1 amide bonds. The molecule has 3 aromatic rings. The van der Waals surface area contributed by atoms with E-state index in [-0.39, 0.29) is 5.56 Å². The Morgan fingerprint density at radius 2 is 1.80 bits per heavy atom. The van der Waals surface area contributed by atoms with Gasteiger partial charge in [0.1, 0.15) is 0 Å². The minimum absolute atomic E-state index is 0.196. The standard InChI is InChI=1S/C20H12Cl3F3N2OS/c21-15-4-1-11(8-14(15)20(24,25)26)3-6-18(29)28-19-27-10-13(30-19)7-12-2-5-16(22)17(23)9-12/h1-6,8-10H,7H2,(H,27,28,29)/b6-3+. The molecule has 0 unspecified atom stereocenters. The molecule has 0 fully saturated rings. The fourth-order valence-corrected chi connectivity index (χ4v) is 3.88. The van der Waals surface area contributed by atoms with E-state index in [4.69, 9.17) is 34.8 Å². The molecular weight excluding hydrogens is 480 g/mol. The quantitative estimate of drug-likeness (QED) is 0.379. The number of benzene rings is 2. The molecule has 1 aromatic heterocycles. The van der Waals surface area contributed by atoms with E-state index in [0.29, 0.717) is 21.6 Å². The van der Waals surface area contributed by atoms with Crippen molar-refractivity contribution in [3.8, 4) is 0 Å². The summed E-state index contributed by atoms with van der Waals surface area (Å²) in [6, 6.07) is 8.71. The Bertz CT molecular complexity index is 1110. The number of rotatable bonds is 5. The van der Waals surface area contributed by atoms with Crippen LogP contribution in [0.3, 0.4) is 0 Å². The Morgan fingerprint density at radius 3 is 2.50 bits per heavy atom. The summed E-state index contributed by atoms with van der Waals surface area (Å²) in [4.78, 5) is 17.1. The van der Waals surface area contributed by atoms with Gasteiger partial charge < -0.3 is 0 Å². The lowest BCUT2D eigenvalue weighted by Gasteiger charge is -2.09. The first-order valence-electron chi connectivity index (χ1n) is 8.36. The molecule has 30 heavy (non-hydrogen) atoms. The molecule has 3 rings (SSSR count). The topological polar surface area (TPSA) is 42.0 Å². The van der Waals surface area contributed by atoms with Crippen LogP contribution in [-0.2, 0) is 17.4 Å². The minimum Gasteiger partial charge on any atom is -0.298 e. The Hall–Kier alpha value is -2.06. The molecule has 0 spiro atoms. The van der Waals surface area contributed by atoms with E-state index in [1.54, 1.807) is 18.3 Å². The molecular formula is C20H12Cl3F3N2OS. The number of carbonyl (C=O) groups excluding carboxylic acids is 1. The third-order valence-electron chi connectivity index (χ3n) is 3.87. The predicted octanol–water partition coefficient (Wildman–Crippen LogP) is 7.36. The highest BCUT2D eigenvalue weighted by Gasteiger charge is 2.33. The molecule has 1 heterocycles. The molecule has 2 aromatic carbocycles. The van der Waals surface area contributed by atoms with Crippen molar-refractivity contribution in [1.82, 2.24) is 4.98 Å². The summed E-state index contributed by atoms with van der Waals surface area (Å²) in [6.45, 7) is 0. The molecule has 1 N–H and O–H groups in total. The van der Waals surface area contributed by atoms with E-state index >= 15 is 0 Å². The summed E-state index contributed by atoms with van der Waals surface area (Å²) in [6.07, 6.45) is 0.00985. The van der Waals surface area contributed by atoms with Gasteiger partial charge in [-0.05, 0) is 41.5 Å². The van der Waals surface area contributed by atoms with E-state index in [1.807, 2.05) is 6.07 Å². The number of halogens is 6. The van der Waals surface area contributed by atoms with Gasteiger partial charge in [-0.15, -0.1) is 11.3 Å². The fraction of sp³-hybridized carbons (Fsp3) is 0.100. The number of alkyl halides is 3. The fourth-order valence-electron chi connectivity index (χ4n) is 2.48. The van der Waals surface area contributed by atoms with Crippen molar-refractivity contribution in [2.45, 2.75) is 12.6 Å². The zero-order chi connectivity index (χ0) is 21.9. The SMILES string of the molecule is O=C(/C=C/c1ccc(Cl)c(C(F)(F)F)c1)Nc1ncc(Cc2ccc(Cl)c(Cl)c2)s1. The van der Waals surface area contributed by atoms with Crippen molar-refractivity contribution in [2.24, 2.45) is 0 Å². The van der Waals surface area contributed by atoms with Gasteiger partial charge in [-0.2, -0.15) is 13.2 Å². The number of thiazole rings is 1. The van der Waals surface area contributed by atoms with Crippen LogP contribution in [0.15, 0.2) is 48.7 Å². The third kappa shape index (κ3) is 5.98. The Morgan fingerprint density at radius 1 is 1.07 bits per heavy atom. The first-order chi connectivity index (χ1) is 14.1. The lowest BCUT2D eigenvalue weighted by molar-refractivity contribution is -0.137. The lowest BCUT2D eigenvalue weighted by Crippen LogP contribution is -2.07. The van der Waals surface area contributed by atoms with Crippen LogP contribution >= 0.6 is 46.1 Å². The predicted molar refractivity (Wildman–Crippen MR) is 115 cm³/mol. The molecule has 0 atom stereocenters. The van der Waals surface area contributed by atoms with Crippen LogP contribution in [0, 0.1) is 0 Å². The molecule has 0 aliphatic rings. The highest BCUT2D eigenvalue weighted by molar-refractivity contribution is 7.15. The maximum atomic E-state index is 12.9. The van der Waals surface area contributed by atoms with Gasteiger partial charge in [0, 0.05) is 23.6 Å². The number of nitrogens with one attached hydrogen (secondary N) is 1. The number of aromatic nitrogens is 1. The van der Waals surface area contributed by atoms with Crippen LogP contribution in [0.5, 0.6) is 0 Å². The van der Waals surface area contributed by atoms with E-state index in [0.717, 1.165) is 28.6 Å². The molecule has 0 bridgehead atoms. The summed E-state index contributed by atoms with van der Waals surface area (Å²) >= 11 is 18.8. The molecule has 0 saturated carbocycles. The lowest BCUT2D eigenvalue weighted by atomic mass is 10.1. The van der Waals surface area contributed by atoms with Crippen LogP contribution in [0.25, 0.3) is 6.08 Å². The maximum Gasteiger partial charge on any atom is 0.417 e. The largest absolute Gasteiger partial charge is 0.417 e. The van der Waals surface area contributed by atoms with Crippen molar-refractivity contribution < 1.29 is 18.0 Å². The van der Waals surface area contributed by atoms with Crippen LogP contribution in [0.1, 0.15) is 21.6 Å². The average Bonchev–Trinajstić information content (AvgIpc) is 3.10. The van der Waals surface area contributed by atoms with E-state index in [1.165, 1.54) is 23.5 Å². The third-order valence-corrected chi connectivity index (χ3v) is 5.85. The van der Waals surface area contributed by atoms with Gasteiger partial charge in [0.25, 0.3) is 0 Å². The van der Waals surface area contributed by atoms with Gasteiger partial charge >= 0.3 is 6.18 Å². The second kappa shape index (κ2) is 9.39. The summed E-state index contributed by atoms with van der Waals surface area (Å²) in [5.74, 6) is -0.519. The normalized spacial score (nSPS) is 11.8. The molecule has 156 valence electrons. The zero-order valence-corrected chi connectivity index (χ0v) is 18.0. The van der Waals surface area contributed by atoms with Crippen molar-refractivity contribution in [3.63, 3.8) is 0 Å². The van der Waals surface area contributed by atoms with Crippen molar-refractivity contribution in [2.75, 3.05) is 5.32 Å². The Labute approximate surface area is 189 Å². The summed E-state index contributed by atoms with van der Waals surface area (Å²) in [7, 11) is 0. The second-order valence-corrected chi connectivity index (χ2v) is 8.45. The van der Waals surface area contributed by atoms with Crippen molar-refractivity contribution >= 4 is 63.3 Å². The molecule has 0 saturated heterocycles. The summed E-state index contributed by atoms with van der Waals surface area (Å²) < 4.78 is 38.7. The van der Waals surface area contributed by atoms with E-state index in [2.05, 4.69) is 10.3 Å². The number of hydrogen-bond acceptors (Lipinski definition) is 3. The Kier molecular flexibility index (Phi) is 7.08. The summed E-state index contributed by atoms with van der Waals surface area (Å²) in [5.41, 5.74) is 0.175. The van der Waals surface area contributed by atoms with Crippen LogP contribution < -0.4 is 5.32 Å². The zero-order valence-electron chi connectivity index (χ0n) is 14.9. The smallest absolute Gasteiger partial charge is 0.298 e. The monoisotopic (exact) mass is 490 g/mol. The highest BCUT2D eigenvalue weighted by Crippen LogP contribution is 2.35. The molecule has 0 aliphatic heterocycles. The molecule has 0 radical (unpaired) electrons. The van der Waals surface area contributed by atoms with Crippen LogP contribution in [0.4, 0.5) is 18.3 Å². The molecule has 3 nitrogen and oxygen atoms in total. The molecule has 10 heteroatoms. The maximum absolute atomic E-state index is 12.9. The van der Waals surface area contributed by atoms with Gasteiger partial charge in [-0.1, -0.05) is 46.9 Å². The summed E-state index contributed by atoms with van der Waals surface area (Å²) in [5, 5.41) is 3.46. The van der Waals surface area contributed by atoms with Crippen molar-refractivity contribution in [3.05, 3.63) is 85.3 Å². The van der Waals surface area contributed by atoms with E-state index < -0.39 is 22.7 Å². The molecule has 0 aliphatic carbocycles. The highest BCUT2D eigenvalue weighted by atomic mass is 35.5. The number of anilines is 1.